The van der Waals surface area contributed by atoms with Gasteiger partial charge in [-0.05, 0) is 55.9 Å². The molecule has 5 heteroatoms. The van der Waals surface area contributed by atoms with E-state index in [0.717, 1.165) is 10.0 Å². The number of nitrogens with zero attached hydrogens (tertiary/aromatic N) is 1. The van der Waals surface area contributed by atoms with E-state index < -0.39 is 0 Å². The van der Waals surface area contributed by atoms with Crippen LogP contribution in [0.3, 0.4) is 0 Å². The van der Waals surface area contributed by atoms with E-state index in [-0.39, 0.29) is 17.8 Å². The van der Waals surface area contributed by atoms with Crippen LogP contribution in [0.25, 0.3) is 0 Å². The van der Waals surface area contributed by atoms with E-state index in [1.54, 1.807) is 12.1 Å². The van der Waals surface area contributed by atoms with Crippen molar-refractivity contribution in [3.63, 3.8) is 0 Å². The van der Waals surface area contributed by atoms with Gasteiger partial charge in [-0.3, -0.25) is 9.69 Å². The predicted octanol–water partition coefficient (Wildman–Crippen LogP) is 4.05. The van der Waals surface area contributed by atoms with Crippen LogP contribution in [0.2, 0.25) is 0 Å². The molecule has 0 aliphatic carbocycles. The molecule has 2 rings (SSSR count). The van der Waals surface area contributed by atoms with Crippen LogP contribution in [-0.2, 0) is 11.3 Å². The Morgan fingerprint density at radius 3 is 2.36 bits per heavy atom. The van der Waals surface area contributed by atoms with Gasteiger partial charge in [-0.15, -0.1) is 0 Å². The van der Waals surface area contributed by atoms with Gasteiger partial charge in [-0.25, -0.2) is 4.39 Å². The molecule has 3 nitrogen and oxygen atoms in total. The highest BCUT2D eigenvalue weighted by atomic mass is 79.9. The number of amides is 1. The maximum absolute atomic E-state index is 12.9. The summed E-state index contributed by atoms with van der Waals surface area (Å²) < 4.78 is 13.9. The SMILES string of the molecule is C[C@@H](C(=O)Nc1ccc(F)cc1)N(C)Cc1ccc(Br)cc1. The van der Waals surface area contributed by atoms with Crippen LogP contribution in [0.1, 0.15) is 12.5 Å². The summed E-state index contributed by atoms with van der Waals surface area (Å²) in [4.78, 5) is 14.2. The second-order valence-electron chi connectivity index (χ2n) is 5.21. The minimum atomic E-state index is -0.321. The normalized spacial score (nSPS) is 12.2. The second-order valence-corrected chi connectivity index (χ2v) is 6.13. The fourth-order valence-corrected chi connectivity index (χ4v) is 2.26. The minimum absolute atomic E-state index is 0.119. The predicted molar refractivity (Wildman–Crippen MR) is 90.1 cm³/mol. The molecule has 0 radical (unpaired) electrons. The van der Waals surface area contributed by atoms with E-state index >= 15 is 0 Å². The van der Waals surface area contributed by atoms with Crippen molar-refractivity contribution in [2.75, 3.05) is 12.4 Å². The molecule has 1 N–H and O–H groups in total. The van der Waals surface area contributed by atoms with Crippen LogP contribution in [0.4, 0.5) is 10.1 Å². The largest absolute Gasteiger partial charge is 0.325 e. The molecule has 2 aromatic carbocycles. The van der Waals surface area contributed by atoms with Gasteiger partial charge in [0.25, 0.3) is 0 Å². The van der Waals surface area contributed by atoms with Gasteiger partial charge in [0.15, 0.2) is 0 Å². The van der Waals surface area contributed by atoms with Gasteiger partial charge in [0.1, 0.15) is 5.82 Å². The standard InChI is InChI=1S/C17H18BrFN2O/c1-12(17(22)20-16-9-7-15(19)8-10-16)21(2)11-13-3-5-14(18)6-4-13/h3-10,12H,11H2,1-2H3,(H,20,22)/t12-/m0/s1. The molecular weight excluding hydrogens is 347 g/mol. The summed E-state index contributed by atoms with van der Waals surface area (Å²) >= 11 is 3.40. The number of carbonyl (C=O) groups excluding carboxylic acids is 1. The van der Waals surface area contributed by atoms with Crippen molar-refractivity contribution in [3.8, 4) is 0 Å². The fourth-order valence-electron chi connectivity index (χ4n) is 1.99. The van der Waals surface area contributed by atoms with E-state index in [1.165, 1.54) is 12.1 Å². The number of halogens is 2. The van der Waals surface area contributed by atoms with E-state index in [1.807, 2.05) is 43.1 Å². The zero-order valence-corrected chi connectivity index (χ0v) is 14.1. The molecule has 116 valence electrons. The third-order valence-corrected chi connectivity index (χ3v) is 4.03. The first-order valence-corrected chi connectivity index (χ1v) is 7.76. The lowest BCUT2D eigenvalue weighted by Crippen LogP contribution is -2.39. The molecule has 0 heterocycles. The molecule has 0 spiro atoms. The Morgan fingerprint density at radius 2 is 1.77 bits per heavy atom. The molecule has 1 amide bonds. The summed E-state index contributed by atoms with van der Waals surface area (Å²) in [7, 11) is 1.90. The Kier molecular flexibility index (Phi) is 5.69. The van der Waals surface area contributed by atoms with E-state index in [4.69, 9.17) is 0 Å². The lowest BCUT2D eigenvalue weighted by atomic mass is 10.2. The number of rotatable bonds is 5. The zero-order chi connectivity index (χ0) is 16.1. The summed E-state index contributed by atoms with van der Waals surface area (Å²) in [6.07, 6.45) is 0. The number of hydrogen-bond donors (Lipinski definition) is 1. The molecule has 1 atom stereocenters. The topological polar surface area (TPSA) is 32.3 Å². The van der Waals surface area contributed by atoms with E-state index in [0.29, 0.717) is 12.2 Å². The highest BCUT2D eigenvalue weighted by molar-refractivity contribution is 9.10. The molecule has 2 aromatic rings. The average molecular weight is 365 g/mol. The quantitative estimate of drug-likeness (QED) is 0.867. The lowest BCUT2D eigenvalue weighted by Gasteiger charge is -2.24. The van der Waals surface area contributed by atoms with Crippen LogP contribution in [0.15, 0.2) is 53.0 Å². The summed E-state index contributed by atoms with van der Waals surface area (Å²) in [5.74, 6) is -0.440. The molecule has 0 unspecified atom stereocenters. The van der Waals surface area contributed by atoms with Crippen LogP contribution >= 0.6 is 15.9 Å². The van der Waals surface area contributed by atoms with Gasteiger partial charge < -0.3 is 5.32 Å². The van der Waals surface area contributed by atoms with Crippen molar-refractivity contribution in [2.45, 2.75) is 19.5 Å². The number of nitrogens with one attached hydrogen (secondary N) is 1. The zero-order valence-electron chi connectivity index (χ0n) is 12.5. The Labute approximate surface area is 138 Å². The van der Waals surface area contributed by atoms with Crippen LogP contribution in [0.5, 0.6) is 0 Å². The number of hydrogen-bond acceptors (Lipinski definition) is 2. The minimum Gasteiger partial charge on any atom is -0.325 e. The lowest BCUT2D eigenvalue weighted by molar-refractivity contribution is -0.120. The number of carbonyl (C=O) groups is 1. The number of anilines is 1. The Morgan fingerprint density at radius 1 is 1.18 bits per heavy atom. The highest BCUT2D eigenvalue weighted by Crippen LogP contribution is 2.14. The van der Waals surface area contributed by atoms with Crippen LogP contribution < -0.4 is 5.32 Å². The third kappa shape index (κ3) is 4.64. The van der Waals surface area contributed by atoms with Gasteiger partial charge in [-0.1, -0.05) is 28.1 Å². The van der Waals surface area contributed by atoms with Gasteiger partial charge in [0, 0.05) is 16.7 Å². The maximum atomic E-state index is 12.9. The fraction of sp³-hybridized carbons (Fsp3) is 0.235. The molecule has 0 saturated heterocycles. The van der Waals surface area contributed by atoms with E-state index in [9.17, 15) is 9.18 Å². The van der Waals surface area contributed by atoms with Gasteiger partial charge in [0.2, 0.25) is 5.91 Å². The number of likely N-dealkylation sites (N-methyl/N-ethyl adjacent to an activating group) is 1. The van der Waals surface area contributed by atoms with Crippen molar-refractivity contribution in [1.82, 2.24) is 4.90 Å². The van der Waals surface area contributed by atoms with Crippen LogP contribution in [0, 0.1) is 5.82 Å². The molecular formula is C17H18BrFN2O. The Balaban J connectivity index is 1.94. The third-order valence-electron chi connectivity index (χ3n) is 3.50. The summed E-state index contributed by atoms with van der Waals surface area (Å²) in [6, 6.07) is 13.4. The van der Waals surface area contributed by atoms with Crippen LogP contribution in [-0.4, -0.2) is 23.9 Å². The molecule has 0 saturated carbocycles. The number of benzene rings is 2. The molecule has 0 aliphatic rings. The van der Waals surface area contributed by atoms with Crippen molar-refractivity contribution >= 4 is 27.5 Å². The summed E-state index contributed by atoms with van der Waals surface area (Å²) in [5.41, 5.74) is 1.72. The average Bonchev–Trinajstić information content (AvgIpc) is 2.51. The molecule has 0 aromatic heterocycles. The smallest absolute Gasteiger partial charge is 0.241 e. The first-order chi connectivity index (χ1) is 10.5. The van der Waals surface area contributed by atoms with Crippen molar-refractivity contribution in [3.05, 3.63) is 64.4 Å². The van der Waals surface area contributed by atoms with Crippen molar-refractivity contribution in [2.24, 2.45) is 0 Å². The van der Waals surface area contributed by atoms with Gasteiger partial charge in [-0.2, -0.15) is 0 Å². The first kappa shape index (κ1) is 16.6. The van der Waals surface area contributed by atoms with Gasteiger partial charge in [0.05, 0.1) is 6.04 Å². The Hall–Kier alpha value is -1.72. The summed E-state index contributed by atoms with van der Waals surface area (Å²) in [5, 5.41) is 2.79. The summed E-state index contributed by atoms with van der Waals surface area (Å²) in [6.45, 7) is 2.52. The molecule has 0 aliphatic heterocycles. The monoisotopic (exact) mass is 364 g/mol. The first-order valence-electron chi connectivity index (χ1n) is 6.97. The van der Waals surface area contributed by atoms with Crippen molar-refractivity contribution < 1.29 is 9.18 Å². The van der Waals surface area contributed by atoms with E-state index in [2.05, 4.69) is 21.2 Å². The highest BCUT2D eigenvalue weighted by Gasteiger charge is 2.18. The van der Waals surface area contributed by atoms with Gasteiger partial charge >= 0.3 is 0 Å². The molecule has 22 heavy (non-hydrogen) atoms. The van der Waals surface area contributed by atoms with Crippen molar-refractivity contribution in [1.29, 1.82) is 0 Å². The Bertz CT molecular complexity index is 628. The molecule has 0 fully saturated rings. The second kappa shape index (κ2) is 7.51. The molecule has 0 bridgehead atoms. The maximum Gasteiger partial charge on any atom is 0.241 e.